The van der Waals surface area contributed by atoms with Crippen LogP contribution in [0, 0.1) is 28.8 Å². The molecule has 0 radical (unpaired) electrons. The van der Waals surface area contributed by atoms with Crippen molar-refractivity contribution < 1.29 is 27.8 Å². The van der Waals surface area contributed by atoms with Crippen molar-refractivity contribution in [2.45, 2.75) is 26.8 Å². The van der Waals surface area contributed by atoms with Crippen LogP contribution in [-0.4, -0.2) is 33.8 Å². The first-order valence-electron chi connectivity index (χ1n) is 9.70. The van der Waals surface area contributed by atoms with E-state index in [1.54, 1.807) is 4.57 Å². The lowest BCUT2D eigenvalue weighted by molar-refractivity contribution is 0.0696. The Balaban J connectivity index is 1.86. The van der Waals surface area contributed by atoms with E-state index < -0.39 is 23.4 Å². The van der Waals surface area contributed by atoms with Crippen molar-refractivity contribution in [2.24, 2.45) is 11.3 Å². The number of rotatable bonds is 5. The fourth-order valence-corrected chi connectivity index (χ4v) is 4.20. The van der Waals surface area contributed by atoms with Crippen LogP contribution < -0.4 is 0 Å². The van der Waals surface area contributed by atoms with Gasteiger partial charge in [0.2, 0.25) is 0 Å². The molecule has 1 fully saturated rings. The van der Waals surface area contributed by atoms with Crippen LogP contribution in [0.5, 0.6) is 0 Å². The number of carboxylic acids is 1. The van der Waals surface area contributed by atoms with Gasteiger partial charge in [0, 0.05) is 18.9 Å². The van der Waals surface area contributed by atoms with Crippen LogP contribution in [0.2, 0.25) is 0 Å². The zero-order chi connectivity index (χ0) is 22.5. The summed E-state index contributed by atoms with van der Waals surface area (Å²) in [6, 6.07) is 4.38. The Hall–Kier alpha value is -2.39. The highest BCUT2D eigenvalue weighted by molar-refractivity contribution is 9.10. The Morgan fingerprint density at radius 2 is 1.97 bits per heavy atom. The summed E-state index contributed by atoms with van der Waals surface area (Å²) in [6.07, 6.45) is -0.0828. The molecule has 0 aliphatic carbocycles. The Kier molecular flexibility index (Phi) is 5.59. The monoisotopic (exact) mass is 496 g/mol. The summed E-state index contributed by atoms with van der Waals surface area (Å²) in [6.45, 7) is 5.52. The summed E-state index contributed by atoms with van der Waals surface area (Å²) >= 11 is 2.96. The standard InChI is InChI=1S/C22H20BrF3N2O3/c1-22(2)10-31-9-13(22)8-28-18-5-12(21(29)30)4-17(26)20(18)27-19(28)6-11-3-16(25)14(23)7-15(11)24/h3-5,7,13H,6,8-10H2,1-2H3,(H,29,30)/t13-/m0/s1. The molecule has 1 aliphatic heterocycles. The number of fused-ring (bicyclic) bond motifs is 1. The largest absolute Gasteiger partial charge is 0.478 e. The smallest absolute Gasteiger partial charge is 0.335 e. The third-order valence-electron chi connectivity index (χ3n) is 5.87. The normalized spacial score (nSPS) is 18.1. The highest BCUT2D eigenvalue weighted by atomic mass is 79.9. The number of imidazole rings is 1. The van der Waals surface area contributed by atoms with E-state index in [0.29, 0.717) is 31.1 Å². The predicted octanol–water partition coefficient (Wildman–Crippen LogP) is 5.18. The van der Waals surface area contributed by atoms with Gasteiger partial charge in [0.1, 0.15) is 23.0 Å². The topological polar surface area (TPSA) is 64.4 Å². The third kappa shape index (κ3) is 4.08. The molecular formula is C22H20BrF3N2O3. The number of nitrogens with zero attached hydrogens (tertiary/aromatic N) is 2. The molecule has 0 saturated carbocycles. The van der Waals surface area contributed by atoms with Crippen LogP contribution in [-0.2, 0) is 17.7 Å². The number of aromatic carboxylic acids is 1. The van der Waals surface area contributed by atoms with Gasteiger partial charge >= 0.3 is 5.97 Å². The van der Waals surface area contributed by atoms with Crippen molar-refractivity contribution in [3.63, 3.8) is 0 Å². The molecule has 2 heterocycles. The quantitative estimate of drug-likeness (QED) is 0.494. The van der Waals surface area contributed by atoms with Crippen LogP contribution in [0.4, 0.5) is 13.2 Å². The molecule has 5 nitrogen and oxygen atoms in total. The Labute approximate surface area is 185 Å². The summed E-state index contributed by atoms with van der Waals surface area (Å²) in [5, 5.41) is 9.35. The minimum absolute atomic E-state index is 0.00394. The lowest BCUT2D eigenvalue weighted by atomic mass is 9.82. The molecule has 0 amide bonds. The zero-order valence-corrected chi connectivity index (χ0v) is 18.5. The molecule has 1 aromatic heterocycles. The first-order chi connectivity index (χ1) is 14.6. The molecule has 31 heavy (non-hydrogen) atoms. The van der Waals surface area contributed by atoms with Gasteiger partial charge in [0.15, 0.2) is 5.82 Å². The molecule has 1 N–H and O–H groups in total. The van der Waals surface area contributed by atoms with E-state index in [9.17, 15) is 23.1 Å². The SMILES string of the molecule is CC1(C)COC[C@@H]1Cn1c(Cc2cc(F)c(Br)cc2F)nc2c(F)cc(C(=O)O)cc21. The second-order valence-electron chi connectivity index (χ2n) is 8.50. The number of halogens is 4. The maximum atomic E-state index is 14.7. The van der Waals surface area contributed by atoms with E-state index in [0.717, 1.165) is 18.2 Å². The van der Waals surface area contributed by atoms with Crippen molar-refractivity contribution in [2.75, 3.05) is 13.2 Å². The summed E-state index contributed by atoms with van der Waals surface area (Å²) in [5.41, 5.74) is -0.00689. The van der Waals surface area contributed by atoms with E-state index in [1.165, 1.54) is 6.07 Å². The summed E-state index contributed by atoms with van der Waals surface area (Å²) in [5.74, 6) is -2.92. The van der Waals surface area contributed by atoms with Crippen molar-refractivity contribution in [1.29, 1.82) is 0 Å². The van der Waals surface area contributed by atoms with Gasteiger partial charge in [-0.1, -0.05) is 13.8 Å². The predicted molar refractivity (Wildman–Crippen MR) is 112 cm³/mol. The Morgan fingerprint density at radius 1 is 1.23 bits per heavy atom. The zero-order valence-electron chi connectivity index (χ0n) is 16.9. The van der Waals surface area contributed by atoms with Gasteiger partial charge in [0.05, 0.1) is 28.8 Å². The van der Waals surface area contributed by atoms with Gasteiger partial charge in [-0.3, -0.25) is 0 Å². The van der Waals surface area contributed by atoms with Crippen molar-refractivity contribution >= 4 is 32.9 Å². The number of carboxylic acid groups (broad SMARTS) is 1. The van der Waals surface area contributed by atoms with E-state index in [1.807, 2.05) is 0 Å². The highest BCUT2D eigenvalue weighted by Crippen LogP contribution is 2.36. The number of hydrogen-bond acceptors (Lipinski definition) is 3. The minimum Gasteiger partial charge on any atom is -0.478 e. The van der Waals surface area contributed by atoms with Crippen molar-refractivity contribution in [3.05, 3.63) is 63.1 Å². The number of hydrogen-bond donors (Lipinski definition) is 1. The number of carbonyl (C=O) groups is 1. The molecule has 4 rings (SSSR count). The molecule has 9 heteroatoms. The maximum absolute atomic E-state index is 14.7. The second kappa shape index (κ2) is 7.94. The molecule has 1 aliphatic rings. The molecule has 0 unspecified atom stereocenters. The number of benzene rings is 2. The molecule has 0 spiro atoms. The average molecular weight is 497 g/mol. The fraction of sp³-hybridized carbons (Fsp3) is 0.364. The first-order valence-corrected chi connectivity index (χ1v) is 10.5. The summed E-state index contributed by atoms with van der Waals surface area (Å²) < 4.78 is 50.5. The molecule has 2 aromatic carbocycles. The minimum atomic E-state index is -1.26. The Morgan fingerprint density at radius 3 is 2.61 bits per heavy atom. The lowest BCUT2D eigenvalue weighted by Gasteiger charge is -2.26. The van der Waals surface area contributed by atoms with Crippen molar-refractivity contribution in [3.8, 4) is 0 Å². The van der Waals surface area contributed by atoms with Gasteiger partial charge in [-0.2, -0.15) is 0 Å². The molecule has 1 atom stereocenters. The second-order valence-corrected chi connectivity index (χ2v) is 9.36. The molecule has 3 aromatic rings. The van der Waals surface area contributed by atoms with E-state index in [-0.39, 0.29) is 38.9 Å². The molecule has 164 valence electrons. The number of aromatic nitrogens is 2. The lowest BCUT2D eigenvalue weighted by Crippen LogP contribution is -2.27. The van der Waals surface area contributed by atoms with Gasteiger partial charge in [-0.05, 0) is 51.2 Å². The van der Waals surface area contributed by atoms with Gasteiger partial charge in [0.25, 0.3) is 0 Å². The average Bonchev–Trinajstić information content (AvgIpc) is 3.20. The summed E-state index contributed by atoms with van der Waals surface area (Å²) in [4.78, 5) is 15.8. The van der Waals surface area contributed by atoms with Gasteiger partial charge in [-0.25, -0.2) is 22.9 Å². The van der Waals surface area contributed by atoms with Crippen LogP contribution in [0.1, 0.15) is 35.6 Å². The van der Waals surface area contributed by atoms with Crippen LogP contribution in [0.15, 0.2) is 28.7 Å². The first kappa shape index (κ1) is 21.8. The van der Waals surface area contributed by atoms with E-state index >= 15 is 0 Å². The van der Waals surface area contributed by atoms with Crippen LogP contribution >= 0.6 is 15.9 Å². The molecular weight excluding hydrogens is 477 g/mol. The van der Waals surface area contributed by atoms with Gasteiger partial charge in [-0.15, -0.1) is 0 Å². The maximum Gasteiger partial charge on any atom is 0.335 e. The van der Waals surface area contributed by atoms with Crippen LogP contribution in [0.3, 0.4) is 0 Å². The fourth-order valence-electron chi connectivity index (χ4n) is 3.89. The van der Waals surface area contributed by atoms with Crippen molar-refractivity contribution in [1.82, 2.24) is 9.55 Å². The molecule has 1 saturated heterocycles. The third-order valence-corrected chi connectivity index (χ3v) is 6.48. The van der Waals surface area contributed by atoms with Crippen LogP contribution in [0.25, 0.3) is 11.0 Å². The van der Waals surface area contributed by atoms with E-state index in [4.69, 9.17) is 4.74 Å². The highest BCUT2D eigenvalue weighted by Gasteiger charge is 2.36. The Bertz CT molecular complexity index is 1190. The summed E-state index contributed by atoms with van der Waals surface area (Å²) in [7, 11) is 0. The molecule has 0 bridgehead atoms. The number of ether oxygens (including phenoxy) is 1. The van der Waals surface area contributed by atoms with E-state index in [2.05, 4.69) is 34.8 Å². The van der Waals surface area contributed by atoms with Gasteiger partial charge < -0.3 is 14.4 Å².